The van der Waals surface area contributed by atoms with Crippen molar-refractivity contribution in [1.82, 2.24) is 0 Å². The third-order valence-corrected chi connectivity index (χ3v) is 4.62. The van der Waals surface area contributed by atoms with Crippen LogP contribution in [0.1, 0.15) is 57.8 Å². The van der Waals surface area contributed by atoms with Gasteiger partial charge in [-0.05, 0) is 25.2 Å². The average Bonchev–Trinajstić information content (AvgIpc) is 2.33. The van der Waals surface area contributed by atoms with E-state index in [9.17, 15) is 4.79 Å². The second-order valence-corrected chi connectivity index (χ2v) is 5.77. The van der Waals surface area contributed by atoms with E-state index in [0.717, 1.165) is 38.0 Å². The highest BCUT2D eigenvalue weighted by Crippen LogP contribution is 2.37. The number of ether oxygens (including phenoxy) is 1. The molecule has 0 atom stereocenters. The molecular weight excluding hydrogens is 214 g/mol. The van der Waals surface area contributed by atoms with Crippen molar-refractivity contribution >= 4 is 5.97 Å². The van der Waals surface area contributed by atoms with E-state index in [-0.39, 0.29) is 11.4 Å². The molecule has 0 aliphatic heterocycles. The standard InChI is InChI=1S/C14H25NO2/c15-11-14(8-2-1-3-9-14)13(16)17-10-7-12-5-4-6-12/h12H,1-11,15H2. The summed E-state index contributed by atoms with van der Waals surface area (Å²) in [5.41, 5.74) is 5.46. The summed E-state index contributed by atoms with van der Waals surface area (Å²) in [6, 6.07) is 0. The molecule has 0 amide bonds. The van der Waals surface area contributed by atoms with Gasteiger partial charge in [-0.3, -0.25) is 4.79 Å². The zero-order valence-corrected chi connectivity index (χ0v) is 10.7. The van der Waals surface area contributed by atoms with Gasteiger partial charge in [0.2, 0.25) is 0 Å². The van der Waals surface area contributed by atoms with Crippen LogP contribution in [0.25, 0.3) is 0 Å². The predicted octanol–water partition coefficient (Wildman–Crippen LogP) is 2.63. The van der Waals surface area contributed by atoms with Crippen LogP contribution in [0.2, 0.25) is 0 Å². The summed E-state index contributed by atoms with van der Waals surface area (Å²) in [5, 5.41) is 0. The van der Waals surface area contributed by atoms with Gasteiger partial charge in [0.25, 0.3) is 0 Å². The quantitative estimate of drug-likeness (QED) is 0.750. The Bertz CT molecular complexity index is 255. The molecule has 2 aliphatic carbocycles. The Balaban J connectivity index is 1.75. The van der Waals surface area contributed by atoms with Crippen molar-refractivity contribution in [3.63, 3.8) is 0 Å². The molecule has 0 spiro atoms. The number of rotatable bonds is 5. The molecule has 0 radical (unpaired) electrons. The summed E-state index contributed by atoms with van der Waals surface area (Å²) < 4.78 is 5.46. The van der Waals surface area contributed by atoms with Gasteiger partial charge in [0, 0.05) is 6.54 Å². The molecule has 2 aliphatic rings. The molecule has 2 saturated carbocycles. The topological polar surface area (TPSA) is 52.3 Å². The van der Waals surface area contributed by atoms with E-state index in [0.29, 0.717) is 13.2 Å². The van der Waals surface area contributed by atoms with Gasteiger partial charge in [-0.15, -0.1) is 0 Å². The smallest absolute Gasteiger partial charge is 0.313 e. The van der Waals surface area contributed by atoms with Crippen molar-refractivity contribution in [3.8, 4) is 0 Å². The van der Waals surface area contributed by atoms with Gasteiger partial charge in [-0.25, -0.2) is 0 Å². The second kappa shape index (κ2) is 5.85. The van der Waals surface area contributed by atoms with Crippen LogP contribution in [-0.4, -0.2) is 19.1 Å². The lowest BCUT2D eigenvalue weighted by Crippen LogP contribution is -2.41. The highest BCUT2D eigenvalue weighted by atomic mass is 16.5. The van der Waals surface area contributed by atoms with Gasteiger partial charge in [0.15, 0.2) is 0 Å². The first-order chi connectivity index (χ1) is 8.27. The summed E-state index contributed by atoms with van der Waals surface area (Å²) in [6.45, 7) is 1.06. The van der Waals surface area contributed by atoms with Crippen LogP contribution in [0.4, 0.5) is 0 Å². The first-order valence-corrected chi connectivity index (χ1v) is 7.14. The molecule has 3 heteroatoms. The van der Waals surface area contributed by atoms with E-state index in [4.69, 9.17) is 10.5 Å². The Hall–Kier alpha value is -0.570. The molecule has 2 fully saturated rings. The summed E-state index contributed by atoms with van der Waals surface area (Å²) in [5.74, 6) is 0.780. The van der Waals surface area contributed by atoms with Gasteiger partial charge in [-0.2, -0.15) is 0 Å². The van der Waals surface area contributed by atoms with Crippen LogP contribution in [0.15, 0.2) is 0 Å². The summed E-state index contributed by atoms with van der Waals surface area (Å²) in [4.78, 5) is 12.1. The van der Waals surface area contributed by atoms with Crippen molar-refractivity contribution in [2.75, 3.05) is 13.2 Å². The Kier molecular flexibility index (Phi) is 4.43. The monoisotopic (exact) mass is 239 g/mol. The highest BCUT2D eigenvalue weighted by molar-refractivity contribution is 5.77. The Morgan fingerprint density at radius 2 is 1.88 bits per heavy atom. The van der Waals surface area contributed by atoms with E-state index in [1.165, 1.54) is 25.7 Å². The lowest BCUT2D eigenvalue weighted by molar-refractivity contribution is -0.158. The fourth-order valence-electron chi connectivity index (χ4n) is 2.97. The van der Waals surface area contributed by atoms with Crippen molar-refractivity contribution in [3.05, 3.63) is 0 Å². The Morgan fingerprint density at radius 1 is 1.18 bits per heavy atom. The Labute approximate surface area is 104 Å². The molecule has 17 heavy (non-hydrogen) atoms. The average molecular weight is 239 g/mol. The molecule has 0 heterocycles. The normalized spacial score (nSPS) is 24.1. The number of carbonyl (C=O) groups is 1. The molecule has 0 aromatic heterocycles. The molecule has 98 valence electrons. The van der Waals surface area contributed by atoms with Gasteiger partial charge >= 0.3 is 5.97 Å². The molecule has 3 nitrogen and oxygen atoms in total. The van der Waals surface area contributed by atoms with Crippen LogP contribution >= 0.6 is 0 Å². The summed E-state index contributed by atoms with van der Waals surface area (Å²) in [6.07, 6.45) is 10.4. The fourth-order valence-corrected chi connectivity index (χ4v) is 2.97. The van der Waals surface area contributed by atoms with Gasteiger partial charge in [0.1, 0.15) is 0 Å². The molecule has 0 bridgehead atoms. The fraction of sp³-hybridized carbons (Fsp3) is 0.929. The second-order valence-electron chi connectivity index (χ2n) is 5.77. The van der Waals surface area contributed by atoms with Crippen molar-refractivity contribution in [1.29, 1.82) is 0 Å². The minimum absolute atomic E-state index is 0.0287. The van der Waals surface area contributed by atoms with Crippen LogP contribution in [0.3, 0.4) is 0 Å². The minimum Gasteiger partial charge on any atom is -0.465 e. The predicted molar refractivity (Wildman–Crippen MR) is 67.5 cm³/mol. The summed E-state index contributed by atoms with van der Waals surface area (Å²) >= 11 is 0. The Morgan fingerprint density at radius 3 is 2.41 bits per heavy atom. The van der Waals surface area contributed by atoms with Crippen LogP contribution in [0.5, 0.6) is 0 Å². The number of carbonyl (C=O) groups excluding carboxylic acids is 1. The van der Waals surface area contributed by atoms with E-state index >= 15 is 0 Å². The van der Waals surface area contributed by atoms with E-state index in [1.54, 1.807) is 0 Å². The van der Waals surface area contributed by atoms with Crippen molar-refractivity contribution in [2.24, 2.45) is 17.1 Å². The lowest BCUT2D eigenvalue weighted by Gasteiger charge is -2.34. The number of hydrogen-bond donors (Lipinski definition) is 1. The van der Waals surface area contributed by atoms with Crippen molar-refractivity contribution < 1.29 is 9.53 Å². The zero-order valence-electron chi connectivity index (χ0n) is 10.7. The third-order valence-electron chi connectivity index (χ3n) is 4.62. The lowest BCUT2D eigenvalue weighted by atomic mass is 9.74. The number of hydrogen-bond acceptors (Lipinski definition) is 3. The van der Waals surface area contributed by atoms with Crippen LogP contribution in [-0.2, 0) is 9.53 Å². The first-order valence-electron chi connectivity index (χ1n) is 7.14. The largest absolute Gasteiger partial charge is 0.465 e. The molecule has 0 saturated heterocycles. The van der Waals surface area contributed by atoms with Gasteiger partial charge in [-0.1, -0.05) is 38.5 Å². The SMILES string of the molecule is NCC1(C(=O)OCCC2CCC2)CCCCC1. The van der Waals surface area contributed by atoms with Gasteiger partial charge in [0.05, 0.1) is 12.0 Å². The summed E-state index contributed by atoms with van der Waals surface area (Å²) in [7, 11) is 0. The number of nitrogens with two attached hydrogens (primary N) is 1. The maximum Gasteiger partial charge on any atom is 0.313 e. The third kappa shape index (κ3) is 3.01. The van der Waals surface area contributed by atoms with E-state index in [1.807, 2.05) is 0 Å². The first kappa shape index (κ1) is 12.9. The molecule has 0 aromatic carbocycles. The van der Waals surface area contributed by atoms with E-state index in [2.05, 4.69) is 0 Å². The molecule has 0 aromatic rings. The molecular formula is C14H25NO2. The van der Waals surface area contributed by atoms with Crippen LogP contribution < -0.4 is 5.73 Å². The minimum atomic E-state index is -0.349. The van der Waals surface area contributed by atoms with Gasteiger partial charge < -0.3 is 10.5 Å². The van der Waals surface area contributed by atoms with Crippen LogP contribution in [0, 0.1) is 11.3 Å². The maximum atomic E-state index is 12.1. The zero-order chi connectivity index (χ0) is 12.1. The van der Waals surface area contributed by atoms with Crippen molar-refractivity contribution in [2.45, 2.75) is 57.8 Å². The molecule has 2 N–H and O–H groups in total. The molecule has 2 rings (SSSR count). The maximum absolute atomic E-state index is 12.1. The highest BCUT2D eigenvalue weighted by Gasteiger charge is 2.39. The molecule has 0 unspecified atom stereocenters. The number of esters is 1. The van der Waals surface area contributed by atoms with E-state index < -0.39 is 0 Å².